The minimum Gasteiger partial charge on any atom is -0.508 e. The fraction of sp³-hybridized carbons (Fsp3) is 0.200. The van der Waals surface area contributed by atoms with Gasteiger partial charge in [0, 0.05) is 13.0 Å². The highest BCUT2D eigenvalue weighted by atomic mass is 16.3. The zero-order valence-corrected chi connectivity index (χ0v) is 18.9. The molecule has 0 aliphatic rings. The molecule has 0 saturated carbocycles. The molecular formula is C25H27N5O5. The summed E-state index contributed by atoms with van der Waals surface area (Å²) in [5.74, 6) is -1.96. The molecule has 10 heteroatoms. The molecular weight excluding hydrogens is 450 g/mol. The normalized spacial score (nSPS) is 11.5. The Labute approximate surface area is 201 Å². The maximum atomic E-state index is 12.6. The lowest BCUT2D eigenvalue weighted by Gasteiger charge is -2.14. The molecule has 8 N–H and O–H groups in total. The molecule has 0 aromatic heterocycles. The van der Waals surface area contributed by atoms with Crippen molar-refractivity contribution in [1.82, 2.24) is 10.6 Å². The number of hydrogen-bond acceptors (Lipinski definition) is 6. The number of nitrogens with one attached hydrogen (secondary N) is 3. The van der Waals surface area contributed by atoms with Gasteiger partial charge in [0.1, 0.15) is 5.75 Å². The number of amides is 4. The number of phenols is 1. The third-order valence-corrected chi connectivity index (χ3v) is 5.21. The summed E-state index contributed by atoms with van der Waals surface area (Å²) in [7, 11) is 0. The second kappa shape index (κ2) is 11.6. The summed E-state index contributed by atoms with van der Waals surface area (Å²) in [5.41, 5.74) is 12.3. The molecule has 0 radical (unpaired) electrons. The minimum absolute atomic E-state index is 0.0464. The number of fused-ring (bicyclic) bond motifs is 1. The van der Waals surface area contributed by atoms with Crippen LogP contribution in [0, 0.1) is 0 Å². The van der Waals surface area contributed by atoms with Crippen LogP contribution in [0.15, 0.2) is 60.7 Å². The van der Waals surface area contributed by atoms with E-state index in [-0.39, 0.29) is 42.9 Å². The molecule has 0 bridgehead atoms. The number of benzene rings is 3. The second-order valence-corrected chi connectivity index (χ2v) is 7.96. The highest BCUT2D eigenvalue weighted by Crippen LogP contribution is 2.24. The minimum atomic E-state index is -0.816. The van der Waals surface area contributed by atoms with Crippen LogP contribution >= 0.6 is 0 Å². The Bertz CT molecular complexity index is 1240. The fourth-order valence-electron chi connectivity index (χ4n) is 3.42. The number of phenolic OH excluding ortho intramolecular Hbond substituents is 1. The molecule has 0 saturated heterocycles. The molecule has 0 aliphatic heterocycles. The Balaban J connectivity index is 1.59. The number of rotatable bonds is 10. The monoisotopic (exact) mass is 477 g/mol. The largest absolute Gasteiger partial charge is 0.508 e. The first-order valence-electron chi connectivity index (χ1n) is 10.9. The molecule has 0 aliphatic carbocycles. The summed E-state index contributed by atoms with van der Waals surface area (Å²) in [5, 5.41) is 18.7. The molecule has 10 nitrogen and oxygen atoms in total. The van der Waals surface area contributed by atoms with Gasteiger partial charge in [0.25, 0.3) is 5.91 Å². The molecule has 3 aromatic carbocycles. The Morgan fingerprint density at radius 1 is 0.914 bits per heavy atom. The number of primary amides is 1. The van der Waals surface area contributed by atoms with Crippen LogP contribution in [-0.4, -0.2) is 47.9 Å². The Morgan fingerprint density at radius 2 is 1.57 bits per heavy atom. The van der Waals surface area contributed by atoms with Crippen LogP contribution in [0.25, 0.3) is 10.8 Å². The van der Waals surface area contributed by atoms with Crippen LogP contribution < -0.4 is 27.4 Å². The summed E-state index contributed by atoms with van der Waals surface area (Å²) in [4.78, 5) is 48.4. The zero-order chi connectivity index (χ0) is 25.4. The molecule has 1 unspecified atom stereocenters. The number of hydrogen-bond donors (Lipinski definition) is 6. The van der Waals surface area contributed by atoms with Gasteiger partial charge in [-0.1, -0.05) is 36.4 Å². The average Bonchev–Trinajstić information content (AvgIpc) is 2.83. The SMILES string of the molecule is NC(=O)CNC(=O)c1cc2ccccc2cc1NC(=O)CCNC(=O)C(N)Cc1ccc(O)cc1. The van der Waals surface area contributed by atoms with Crippen molar-refractivity contribution in [3.63, 3.8) is 0 Å². The zero-order valence-electron chi connectivity index (χ0n) is 18.9. The van der Waals surface area contributed by atoms with Crippen LogP contribution in [0.1, 0.15) is 22.3 Å². The Kier molecular flexibility index (Phi) is 8.36. The van der Waals surface area contributed by atoms with Gasteiger partial charge >= 0.3 is 0 Å². The first-order valence-corrected chi connectivity index (χ1v) is 10.9. The van der Waals surface area contributed by atoms with E-state index in [1.165, 1.54) is 12.1 Å². The topological polar surface area (TPSA) is 177 Å². The molecule has 35 heavy (non-hydrogen) atoms. The molecule has 0 heterocycles. The van der Waals surface area contributed by atoms with Crippen molar-refractivity contribution in [2.45, 2.75) is 18.9 Å². The smallest absolute Gasteiger partial charge is 0.253 e. The van der Waals surface area contributed by atoms with Gasteiger partial charge in [-0.15, -0.1) is 0 Å². The number of aromatic hydroxyl groups is 1. The quantitative estimate of drug-likeness (QED) is 0.251. The van der Waals surface area contributed by atoms with Crippen LogP contribution in [0.2, 0.25) is 0 Å². The van der Waals surface area contributed by atoms with Crippen molar-refractivity contribution in [3.05, 3.63) is 71.8 Å². The van der Waals surface area contributed by atoms with E-state index in [2.05, 4.69) is 16.0 Å². The first kappa shape index (κ1) is 25.2. The number of anilines is 1. The summed E-state index contributed by atoms with van der Waals surface area (Å²) in [6.07, 6.45) is 0.228. The maximum Gasteiger partial charge on any atom is 0.253 e. The van der Waals surface area contributed by atoms with Crippen molar-refractivity contribution in [2.24, 2.45) is 11.5 Å². The molecule has 3 rings (SSSR count). The van der Waals surface area contributed by atoms with Gasteiger partial charge in [-0.2, -0.15) is 0 Å². The van der Waals surface area contributed by atoms with Gasteiger partial charge < -0.3 is 32.5 Å². The van der Waals surface area contributed by atoms with Crippen molar-refractivity contribution in [1.29, 1.82) is 0 Å². The van der Waals surface area contributed by atoms with Gasteiger partial charge in [-0.25, -0.2) is 0 Å². The van der Waals surface area contributed by atoms with Crippen LogP contribution in [0.5, 0.6) is 5.75 Å². The van der Waals surface area contributed by atoms with E-state index in [1.807, 2.05) is 24.3 Å². The predicted octanol–water partition coefficient (Wildman–Crippen LogP) is 0.775. The third-order valence-electron chi connectivity index (χ3n) is 5.21. The third kappa shape index (κ3) is 7.27. The van der Waals surface area contributed by atoms with E-state index in [0.717, 1.165) is 16.3 Å². The van der Waals surface area contributed by atoms with Gasteiger partial charge in [0.2, 0.25) is 17.7 Å². The second-order valence-electron chi connectivity index (χ2n) is 7.96. The van der Waals surface area contributed by atoms with Gasteiger partial charge in [-0.05, 0) is 47.0 Å². The number of nitrogens with two attached hydrogens (primary N) is 2. The summed E-state index contributed by atoms with van der Waals surface area (Å²) in [6.45, 7) is -0.291. The first-order chi connectivity index (χ1) is 16.7. The standard InChI is InChI=1S/C25H27N5O5/c26-20(11-15-5-7-18(31)8-6-15)25(35)28-10-9-23(33)30-21-13-17-4-2-1-3-16(17)12-19(21)24(34)29-14-22(27)32/h1-8,12-13,20,31H,9-11,14,26H2,(H2,27,32)(H,28,35)(H,29,34)(H,30,33). The maximum absolute atomic E-state index is 12.6. The molecule has 4 amide bonds. The molecule has 182 valence electrons. The summed E-state index contributed by atoms with van der Waals surface area (Å²) < 4.78 is 0. The van der Waals surface area contributed by atoms with E-state index < -0.39 is 29.7 Å². The summed E-state index contributed by atoms with van der Waals surface area (Å²) >= 11 is 0. The highest BCUT2D eigenvalue weighted by molar-refractivity contribution is 6.08. The van der Waals surface area contributed by atoms with Crippen molar-refractivity contribution in [3.8, 4) is 5.75 Å². The molecule has 0 fully saturated rings. The fourth-order valence-corrected chi connectivity index (χ4v) is 3.42. The van der Waals surface area contributed by atoms with Gasteiger partial charge in [0.15, 0.2) is 0 Å². The highest BCUT2D eigenvalue weighted by Gasteiger charge is 2.17. The lowest BCUT2D eigenvalue weighted by Crippen LogP contribution is -2.42. The summed E-state index contributed by atoms with van der Waals surface area (Å²) in [6, 6.07) is 16.2. The van der Waals surface area contributed by atoms with Crippen molar-refractivity contribution >= 4 is 40.1 Å². The van der Waals surface area contributed by atoms with E-state index in [9.17, 15) is 24.3 Å². The number of carbonyl (C=O) groups is 4. The van der Waals surface area contributed by atoms with Gasteiger partial charge in [0.05, 0.1) is 23.8 Å². The van der Waals surface area contributed by atoms with Crippen molar-refractivity contribution in [2.75, 3.05) is 18.4 Å². The van der Waals surface area contributed by atoms with Crippen molar-refractivity contribution < 1.29 is 24.3 Å². The predicted molar refractivity (Wildman–Crippen MR) is 132 cm³/mol. The van der Waals surface area contributed by atoms with E-state index in [4.69, 9.17) is 11.5 Å². The van der Waals surface area contributed by atoms with Gasteiger partial charge in [-0.3, -0.25) is 19.2 Å². The van der Waals surface area contributed by atoms with E-state index in [0.29, 0.717) is 0 Å². The Hall–Kier alpha value is -4.44. The van der Waals surface area contributed by atoms with E-state index >= 15 is 0 Å². The average molecular weight is 478 g/mol. The Morgan fingerprint density at radius 3 is 2.23 bits per heavy atom. The lowest BCUT2D eigenvalue weighted by atomic mass is 10.0. The van der Waals surface area contributed by atoms with Crippen LogP contribution in [0.4, 0.5) is 5.69 Å². The van der Waals surface area contributed by atoms with E-state index in [1.54, 1.807) is 24.3 Å². The number of carbonyl (C=O) groups excluding carboxylic acids is 4. The lowest BCUT2D eigenvalue weighted by molar-refractivity contribution is -0.122. The molecule has 1 atom stereocenters. The van der Waals surface area contributed by atoms with Crippen LogP contribution in [-0.2, 0) is 20.8 Å². The molecule has 3 aromatic rings. The molecule has 0 spiro atoms. The van der Waals surface area contributed by atoms with Crippen LogP contribution in [0.3, 0.4) is 0 Å².